The molecule has 4 nitrogen and oxygen atoms in total. The highest BCUT2D eigenvalue weighted by molar-refractivity contribution is 7.19. The molecule has 0 aliphatic heterocycles. The second kappa shape index (κ2) is 5.60. The summed E-state index contributed by atoms with van der Waals surface area (Å²) in [7, 11) is 3.54. The van der Waals surface area contributed by atoms with E-state index in [-0.39, 0.29) is 0 Å². The van der Waals surface area contributed by atoms with Gasteiger partial charge in [0.25, 0.3) is 0 Å². The Morgan fingerprint density at radius 2 is 2.10 bits per heavy atom. The number of benzene rings is 1. The van der Waals surface area contributed by atoms with E-state index in [1.807, 2.05) is 42.9 Å². The molecule has 1 aromatic carbocycles. The summed E-state index contributed by atoms with van der Waals surface area (Å²) >= 11 is 3.21. The van der Waals surface area contributed by atoms with E-state index in [4.69, 9.17) is 4.74 Å². The summed E-state index contributed by atoms with van der Waals surface area (Å²) in [6.07, 6.45) is 1.86. The molecule has 0 bridgehead atoms. The minimum atomic E-state index is 0.836. The SMILES string of the molecule is CNc1nc(-c2cnc(-c3ccccc3OC)s2)cs1. The van der Waals surface area contributed by atoms with Crippen LogP contribution >= 0.6 is 22.7 Å². The molecule has 0 radical (unpaired) electrons. The smallest absolute Gasteiger partial charge is 0.182 e. The predicted molar refractivity (Wildman–Crippen MR) is 84.8 cm³/mol. The fraction of sp³-hybridized carbons (Fsp3) is 0.143. The number of nitrogens with zero attached hydrogens (tertiary/aromatic N) is 2. The van der Waals surface area contributed by atoms with Crippen molar-refractivity contribution in [1.29, 1.82) is 0 Å². The highest BCUT2D eigenvalue weighted by Gasteiger charge is 2.12. The van der Waals surface area contributed by atoms with Gasteiger partial charge in [0.05, 0.1) is 23.2 Å². The van der Waals surface area contributed by atoms with E-state index < -0.39 is 0 Å². The minimum absolute atomic E-state index is 0.836. The van der Waals surface area contributed by atoms with Crippen LogP contribution in [0.5, 0.6) is 5.75 Å². The van der Waals surface area contributed by atoms with Crippen molar-refractivity contribution >= 4 is 27.8 Å². The van der Waals surface area contributed by atoms with Gasteiger partial charge in [-0.2, -0.15) is 0 Å². The van der Waals surface area contributed by atoms with Crippen molar-refractivity contribution in [2.45, 2.75) is 0 Å². The van der Waals surface area contributed by atoms with Crippen LogP contribution in [0.3, 0.4) is 0 Å². The molecule has 3 aromatic rings. The summed E-state index contributed by atoms with van der Waals surface area (Å²) in [5.41, 5.74) is 1.97. The van der Waals surface area contributed by atoms with Gasteiger partial charge in [-0.05, 0) is 12.1 Å². The van der Waals surface area contributed by atoms with Crippen LogP contribution in [0.15, 0.2) is 35.8 Å². The van der Waals surface area contributed by atoms with E-state index in [1.54, 1.807) is 29.8 Å². The second-order valence-corrected chi connectivity index (χ2v) is 5.91. The fourth-order valence-corrected chi connectivity index (χ4v) is 3.49. The number of thiazole rings is 2. The maximum atomic E-state index is 5.38. The summed E-state index contributed by atoms with van der Waals surface area (Å²) in [5, 5.41) is 6.93. The van der Waals surface area contributed by atoms with Gasteiger partial charge in [-0.25, -0.2) is 9.97 Å². The molecule has 0 aliphatic carbocycles. The number of nitrogens with one attached hydrogen (secondary N) is 1. The molecule has 6 heteroatoms. The van der Waals surface area contributed by atoms with Crippen molar-refractivity contribution in [1.82, 2.24) is 9.97 Å². The maximum Gasteiger partial charge on any atom is 0.182 e. The van der Waals surface area contributed by atoms with Gasteiger partial charge in [-0.1, -0.05) is 12.1 Å². The van der Waals surface area contributed by atoms with E-state index >= 15 is 0 Å². The Kier molecular flexibility index (Phi) is 3.66. The first-order valence-electron chi connectivity index (χ1n) is 6.04. The van der Waals surface area contributed by atoms with Crippen LogP contribution in [-0.2, 0) is 0 Å². The Balaban J connectivity index is 1.97. The minimum Gasteiger partial charge on any atom is -0.496 e. The molecule has 0 fully saturated rings. The lowest BCUT2D eigenvalue weighted by molar-refractivity contribution is 0.416. The number of methoxy groups -OCH3 is 1. The summed E-state index contributed by atoms with van der Waals surface area (Å²) in [5.74, 6) is 0.836. The van der Waals surface area contributed by atoms with Crippen LogP contribution in [0.4, 0.5) is 5.13 Å². The molecular formula is C14H13N3OS2. The largest absolute Gasteiger partial charge is 0.496 e. The zero-order valence-corrected chi connectivity index (χ0v) is 12.7. The second-order valence-electron chi connectivity index (χ2n) is 4.02. The van der Waals surface area contributed by atoms with Crippen molar-refractivity contribution < 1.29 is 4.74 Å². The zero-order chi connectivity index (χ0) is 13.9. The third kappa shape index (κ3) is 2.39. The highest BCUT2D eigenvalue weighted by Crippen LogP contribution is 2.37. The first kappa shape index (κ1) is 13.1. The van der Waals surface area contributed by atoms with Crippen molar-refractivity contribution in [3.8, 4) is 26.9 Å². The molecule has 1 N–H and O–H groups in total. The van der Waals surface area contributed by atoms with E-state index in [0.29, 0.717) is 0 Å². The zero-order valence-electron chi connectivity index (χ0n) is 11.1. The molecule has 0 atom stereocenters. The molecule has 20 heavy (non-hydrogen) atoms. The molecular weight excluding hydrogens is 290 g/mol. The highest BCUT2D eigenvalue weighted by atomic mass is 32.1. The molecule has 0 aliphatic rings. The molecule has 0 spiro atoms. The Bertz CT molecular complexity index is 721. The van der Waals surface area contributed by atoms with Crippen molar-refractivity contribution in [2.24, 2.45) is 0 Å². The van der Waals surface area contributed by atoms with Crippen LogP contribution in [-0.4, -0.2) is 24.1 Å². The van der Waals surface area contributed by atoms with E-state index in [1.165, 1.54) is 0 Å². The lowest BCUT2D eigenvalue weighted by atomic mass is 10.2. The molecule has 0 saturated carbocycles. The van der Waals surface area contributed by atoms with Crippen LogP contribution in [0.1, 0.15) is 0 Å². The molecule has 0 unspecified atom stereocenters. The average Bonchev–Trinajstić information content (AvgIpc) is 3.15. The number of para-hydroxylation sites is 1. The average molecular weight is 303 g/mol. The summed E-state index contributed by atoms with van der Waals surface area (Å²) in [6.45, 7) is 0. The van der Waals surface area contributed by atoms with Gasteiger partial charge in [0.1, 0.15) is 10.8 Å². The Morgan fingerprint density at radius 1 is 1.25 bits per heavy atom. The number of hydrogen-bond acceptors (Lipinski definition) is 6. The Morgan fingerprint density at radius 3 is 2.85 bits per heavy atom. The van der Waals surface area contributed by atoms with Gasteiger partial charge < -0.3 is 10.1 Å². The van der Waals surface area contributed by atoms with Crippen LogP contribution in [0, 0.1) is 0 Å². The molecule has 2 heterocycles. The van der Waals surface area contributed by atoms with Crippen LogP contribution in [0.25, 0.3) is 21.1 Å². The van der Waals surface area contributed by atoms with Crippen molar-refractivity contribution in [3.63, 3.8) is 0 Å². The number of aromatic nitrogens is 2. The molecule has 0 amide bonds. The first-order valence-corrected chi connectivity index (χ1v) is 7.74. The third-order valence-electron chi connectivity index (χ3n) is 2.81. The van der Waals surface area contributed by atoms with E-state index in [9.17, 15) is 0 Å². The molecule has 0 saturated heterocycles. The number of hydrogen-bond donors (Lipinski definition) is 1. The Labute approximate surface area is 125 Å². The van der Waals surface area contributed by atoms with Gasteiger partial charge in [0.15, 0.2) is 5.13 Å². The van der Waals surface area contributed by atoms with Gasteiger partial charge >= 0.3 is 0 Å². The van der Waals surface area contributed by atoms with Gasteiger partial charge in [0, 0.05) is 18.6 Å². The van der Waals surface area contributed by atoms with Crippen molar-refractivity contribution in [2.75, 3.05) is 19.5 Å². The summed E-state index contributed by atoms with van der Waals surface area (Å²) in [6, 6.07) is 7.90. The molecule has 3 rings (SSSR count). The third-order valence-corrected chi connectivity index (χ3v) is 4.73. The quantitative estimate of drug-likeness (QED) is 0.792. The fourth-order valence-electron chi connectivity index (χ4n) is 1.84. The summed E-state index contributed by atoms with van der Waals surface area (Å²) in [4.78, 5) is 10.0. The standard InChI is InChI=1S/C14H13N3OS2/c1-15-14-17-10(8-19-14)12-7-16-13(20-12)9-5-3-4-6-11(9)18-2/h3-8H,1-2H3,(H,15,17). The van der Waals surface area contributed by atoms with Gasteiger partial charge in [0.2, 0.25) is 0 Å². The first-order chi connectivity index (χ1) is 9.81. The number of ether oxygens (including phenoxy) is 1. The topological polar surface area (TPSA) is 47.0 Å². The lowest BCUT2D eigenvalue weighted by Gasteiger charge is -2.04. The number of rotatable bonds is 4. The lowest BCUT2D eigenvalue weighted by Crippen LogP contribution is -1.86. The monoisotopic (exact) mass is 303 g/mol. The van der Waals surface area contributed by atoms with Gasteiger partial charge in [-0.3, -0.25) is 0 Å². The summed E-state index contributed by atoms with van der Waals surface area (Å²) < 4.78 is 5.38. The van der Waals surface area contributed by atoms with E-state index in [2.05, 4.69) is 15.3 Å². The van der Waals surface area contributed by atoms with E-state index in [0.717, 1.165) is 32.0 Å². The maximum absolute atomic E-state index is 5.38. The molecule has 102 valence electrons. The predicted octanol–water partition coefficient (Wildman–Crippen LogP) is 3.98. The normalized spacial score (nSPS) is 10.5. The Hall–Kier alpha value is -1.92. The van der Waals surface area contributed by atoms with Crippen LogP contribution in [0.2, 0.25) is 0 Å². The molecule has 2 aromatic heterocycles. The van der Waals surface area contributed by atoms with Crippen molar-refractivity contribution in [3.05, 3.63) is 35.8 Å². The van der Waals surface area contributed by atoms with Crippen LogP contribution < -0.4 is 10.1 Å². The van der Waals surface area contributed by atoms with Gasteiger partial charge in [-0.15, -0.1) is 22.7 Å². The number of anilines is 1.